The van der Waals surface area contributed by atoms with Gasteiger partial charge in [0, 0.05) is 24.4 Å². The minimum absolute atomic E-state index is 0.144. The lowest BCUT2D eigenvalue weighted by atomic mass is 10.0. The molecule has 0 spiro atoms. The van der Waals surface area contributed by atoms with Crippen LogP contribution in [0, 0.1) is 0 Å². The van der Waals surface area contributed by atoms with Gasteiger partial charge in [-0.15, -0.1) is 0 Å². The Kier molecular flexibility index (Phi) is 9.97. The second-order valence-electron chi connectivity index (χ2n) is 10.3. The fourth-order valence-corrected chi connectivity index (χ4v) is 4.83. The molecule has 0 radical (unpaired) electrons. The second-order valence-corrected chi connectivity index (χ2v) is 10.3. The van der Waals surface area contributed by atoms with E-state index in [1.807, 2.05) is 13.0 Å². The van der Waals surface area contributed by atoms with Crippen molar-refractivity contribution in [2.24, 2.45) is 0 Å². The van der Waals surface area contributed by atoms with Gasteiger partial charge in [-0.3, -0.25) is 9.59 Å². The van der Waals surface area contributed by atoms with Gasteiger partial charge in [0.05, 0.1) is 22.4 Å². The van der Waals surface area contributed by atoms with E-state index in [0.717, 1.165) is 30.5 Å². The molecule has 41 heavy (non-hydrogen) atoms. The third kappa shape index (κ3) is 8.43. The number of hydrogen-bond donors (Lipinski definition) is 5. The molecule has 13 heteroatoms. The molecule has 1 aliphatic heterocycles. The summed E-state index contributed by atoms with van der Waals surface area (Å²) in [6, 6.07) is 6.58. The van der Waals surface area contributed by atoms with Crippen LogP contribution in [0.25, 0.3) is 0 Å². The van der Waals surface area contributed by atoms with Crippen molar-refractivity contribution in [1.29, 1.82) is 0 Å². The Hall–Kier alpha value is -4.13. The van der Waals surface area contributed by atoms with Crippen molar-refractivity contribution in [2.45, 2.75) is 58.8 Å². The first-order valence-corrected chi connectivity index (χ1v) is 13.3. The third-order valence-electron chi connectivity index (χ3n) is 6.72. The van der Waals surface area contributed by atoms with Crippen LogP contribution in [0.15, 0.2) is 36.4 Å². The minimum atomic E-state index is -4.73. The maximum atomic E-state index is 13.3. The number of carboxylic acids is 1. The lowest BCUT2D eigenvalue weighted by Gasteiger charge is -2.33. The zero-order valence-electron chi connectivity index (χ0n) is 23.2. The first kappa shape index (κ1) is 31.4. The molecule has 3 rings (SSSR count). The molecule has 0 aromatic heterocycles. The van der Waals surface area contributed by atoms with Crippen LogP contribution in [0.3, 0.4) is 0 Å². The number of hydrogen-bond acceptors (Lipinski definition) is 4. The number of benzene rings is 2. The second kappa shape index (κ2) is 13.0. The Morgan fingerprint density at radius 1 is 1.00 bits per heavy atom. The molecule has 1 fully saturated rings. The normalized spacial score (nSPS) is 14.4. The molecule has 2 aromatic rings. The van der Waals surface area contributed by atoms with Gasteiger partial charge >= 0.3 is 18.2 Å². The summed E-state index contributed by atoms with van der Waals surface area (Å²) in [5, 5.41) is 16.8. The lowest BCUT2D eigenvalue weighted by molar-refractivity contribution is -0.963. The number of anilines is 1. The Morgan fingerprint density at radius 2 is 1.68 bits per heavy atom. The number of amides is 4. The fourth-order valence-electron chi connectivity index (χ4n) is 4.83. The van der Waals surface area contributed by atoms with Gasteiger partial charge in [-0.1, -0.05) is 19.1 Å². The van der Waals surface area contributed by atoms with Crippen molar-refractivity contribution in [3.63, 3.8) is 0 Å². The Bertz CT molecular complexity index is 1310. The van der Waals surface area contributed by atoms with Gasteiger partial charge in [-0.25, -0.2) is 19.6 Å². The highest BCUT2D eigenvalue weighted by Gasteiger charge is 2.36. The highest BCUT2D eigenvalue weighted by molar-refractivity contribution is 6.04. The van der Waals surface area contributed by atoms with Crippen LogP contribution in [0.1, 0.15) is 71.0 Å². The zero-order chi connectivity index (χ0) is 30.4. The van der Waals surface area contributed by atoms with Crippen LogP contribution < -0.4 is 21.4 Å². The monoisotopic (exact) mass is 578 g/mol. The molecule has 0 saturated carbocycles. The molecule has 222 valence electrons. The molecule has 0 atom stereocenters. The summed E-state index contributed by atoms with van der Waals surface area (Å²) < 4.78 is 40.2. The quantitative estimate of drug-likeness (QED) is 0.271. The van der Waals surface area contributed by atoms with E-state index in [1.54, 1.807) is 26.0 Å². The Labute approximate surface area is 235 Å². The molecular weight excluding hydrogens is 543 g/mol. The molecule has 1 saturated heterocycles. The summed E-state index contributed by atoms with van der Waals surface area (Å²) >= 11 is 0. The zero-order valence-corrected chi connectivity index (χ0v) is 23.2. The number of carbonyl (C=O) groups is 4. The number of aromatic carboxylic acids is 1. The van der Waals surface area contributed by atoms with Crippen LogP contribution in [0.5, 0.6) is 0 Å². The number of nitrogens with zero attached hydrogens (tertiary/aromatic N) is 1. The molecule has 0 aliphatic carbocycles. The molecule has 2 aromatic carbocycles. The maximum absolute atomic E-state index is 13.3. The van der Waals surface area contributed by atoms with Crippen LogP contribution in [0.2, 0.25) is 0 Å². The van der Waals surface area contributed by atoms with Crippen LogP contribution in [0.4, 0.5) is 23.7 Å². The van der Waals surface area contributed by atoms with Crippen LogP contribution >= 0.6 is 0 Å². The van der Waals surface area contributed by atoms with Crippen molar-refractivity contribution in [2.75, 3.05) is 25.0 Å². The Morgan fingerprint density at radius 3 is 2.27 bits per heavy atom. The van der Waals surface area contributed by atoms with E-state index in [9.17, 15) is 37.5 Å². The van der Waals surface area contributed by atoms with E-state index in [4.69, 9.17) is 0 Å². The van der Waals surface area contributed by atoms with E-state index in [-0.39, 0.29) is 21.9 Å². The summed E-state index contributed by atoms with van der Waals surface area (Å²) in [4.78, 5) is 49.7. The van der Waals surface area contributed by atoms with Crippen molar-refractivity contribution >= 4 is 29.5 Å². The van der Waals surface area contributed by atoms with Gasteiger partial charge in [0.1, 0.15) is 26.2 Å². The number of quaternary nitrogens is 1. The fraction of sp³-hybridized carbons (Fsp3) is 0.429. The van der Waals surface area contributed by atoms with Crippen LogP contribution in [-0.2, 0) is 23.9 Å². The van der Waals surface area contributed by atoms with Crippen molar-refractivity contribution < 1.29 is 42.0 Å². The molecule has 10 nitrogen and oxygen atoms in total. The average molecular weight is 579 g/mol. The summed E-state index contributed by atoms with van der Waals surface area (Å²) in [5.41, 5.74) is 2.85. The van der Waals surface area contributed by atoms with Gasteiger partial charge in [0.2, 0.25) is 0 Å². The predicted octanol–water partition coefficient (Wildman–Crippen LogP) is 4.07. The molecule has 5 N–H and O–H groups in total. The van der Waals surface area contributed by atoms with Gasteiger partial charge in [0.25, 0.3) is 11.8 Å². The first-order valence-electron chi connectivity index (χ1n) is 13.3. The van der Waals surface area contributed by atoms with E-state index in [2.05, 4.69) is 21.4 Å². The number of aryl methyl sites for hydroxylation is 1. The molecular formula is C28H35F3N5O5+. The van der Waals surface area contributed by atoms with E-state index in [0.29, 0.717) is 37.7 Å². The minimum Gasteiger partial charge on any atom is -0.478 e. The van der Waals surface area contributed by atoms with Crippen molar-refractivity contribution in [1.82, 2.24) is 16.1 Å². The third-order valence-corrected chi connectivity index (χ3v) is 6.72. The van der Waals surface area contributed by atoms with Gasteiger partial charge in [-0.2, -0.15) is 13.2 Å². The number of alkyl halides is 3. The number of halogens is 3. The molecule has 1 aliphatic rings. The number of likely N-dealkylation sites (tertiary alicyclic amines) is 1. The summed E-state index contributed by atoms with van der Waals surface area (Å²) in [5.74, 6) is -2.57. The van der Waals surface area contributed by atoms with Crippen molar-refractivity contribution in [3.05, 3.63) is 64.2 Å². The summed E-state index contributed by atoms with van der Waals surface area (Å²) in [6.45, 7) is 6.23. The number of urea groups is 1. The van der Waals surface area contributed by atoms with E-state index < -0.39 is 47.7 Å². The van der Waals surface area contributed by atoms with E-state index >= 15 is 0 Å². The summed E-state index contributed by atoms with van der Waals surface area (Å²) in [7, 11) is 0. The Balaban J connectivity index is 1.74. The standard InChI is InChI=1S/C28H34F3N5O5/c1-4-19-8-7-18(13-21(19)26(39)40)16-36(11-5-6-12-36)35-24(37)15-32-25(38)22-14-20(28(29,30)31)9-10-23(22)34-27(41)33-17(2)3/h7-10,13-14,17H,4-6,11-12,15-16H2,1-3H3,(H4-,32,33,34,35,37,38,39,40,41)/p+1. The maximum Gasteiger partial charge on any atom is 0.416 e. The molecule has 0 bridgehead atoms. The SMILES string of the molecule is CCc1ccc(C[N+]2(NC(=O)CNC(=O)c3cc(C(F)(F)F)ccc3NC(=O)NC(C)C)CCCC2)cc1C(=O)O. The smallest absolute Gasteiger partial charge is 0.416 e. The summed E-state index contributed by atoms with van der Waals surface area (Å²) in [6.07, 6.45) is -2.52. The van der Waals surface area contributed by atoms with Gasteiger partial charge < -0.3 is 21.1 Å². The molecule has 1 heterocycles. The molecule has 4 amide bonds. The highest BCUT2D eigenvalue weighted by Crippen LogP contribution is 2.32. The number of rotatable bonds is 10. The topological polar surface area (TPSA) is 137 Å². The van der Waals surface area contributed by atoms with Crippen LogP contribution in [-0.4, -0.2) is 59.2 Å². The molecule has 0 unspecified atom stereocenters. The largest absolute Gasteiger partial charge is 0.478 e. The highest BCUT2D eigenvalue weighted by atomic mass is 19.4. The van der Waals surface area contributed by atoms with Gasteiger partial charge in [0.15, 0.2) is 0 Å². The first-order chi connectivity index (χ1) is 19.2. The number of nitrogens with one attached hydrogen (secondary N) is 4. The predicted molar refractivity (Wildman–Crippen MR) is 145 cm³/mol. The lowest BCUT2D eigenvalue weighted by Crippen LogP contribution is -2.59. The van der Waals surface area contributed by atoms with Crippen molar-refractivity contribution in [3.8, 4) is 0 Å². The number of carbonyl (C=O) groups excluding carboxylic acids is 3. The average Bonchev–Trinajstić information content (AvgIpc) is 3.33. The van der Waals surface area contributed by atoms with Gasteiger partial charge in [-0.05, 0) is 50.1 Å². The number of carboxylic acid groups (broad SMARTS) is 1. The van der Waals surface area contributed by atoms with E-state index in [1.165, 1.54) is 0 Å².